The molecule has 21 heavy (non-hydrogen) atoms. The molecule has 0 spiro atoms. The Labute approximate surface area is 132 Å². The molecule has 0 unspecified atom stereocenters. The molecular formula is C14H12ClN3O2S. The lowest BCUT2D eigenvalue weighted by Crippen LogP contribution is -2.22. The van der Waals surface area contributed by atoms with E-state index in [1.54, 1.807) is 36.4 Å². The summed E-state index contributed by atoms with van der Waals surface area (Å²) >= 11 is 10.8. The van der Waals surface area contributed by atoms with Crippen LogP contribution >= 0.6 is 23.8 Å². The summed E-state index contributed by atoms with van der Waals surface area (Å²) in [7, 11) is 0. The van der Waals surface area contributed by atoms with Gasteiger partial charge >= 0.3 is 0 Å². The lowest BCUT2D eigenvalue weighted by Gasteiger charge is -2.10. The van der Waals surface area contributed by atoms with E-state index in [9.17, 15) is 4.79 Å². The third-order valence-corrected chi connectivity index (χ3v) is 3.05. The molecule has 0 atom stereocenters. The number of aromatic nitrogens is 1. The van der Waals surface area contributed by atoms with Gasteiger partial charge in [0.1, 0.15) is 10.7 Å². The van der Waals surface area contributed by atoms with E-state index in [1.807, 2.05) is 0 Å². The van der Waals surface area contributed by atoms with Crippen LogP contribution in [0, 0.1) is 0 Å². The minimum Gasteiger partial charge on any atom is -0.483 e. The first kappa shape index (κ1) is 15.2. The second kappa shape index (κ2) is 7.01. The van der Waals surface area contributed by atoms with Gasteiger partial charge in [-0.15, -0.1) is 0 Å². The molecule has 0 bridgehead atoms. The van der Waals surface area contributed by atoms with Gasteiger partial charge in [-0.1, -0.05) is 36.0 Å². The number of nitrogens with zero attached hydrogens (tertiary/aromatic N) is 1. The summed E-state index contributed by atoms with van der Waals surface area (Å²) in [5.41, 5.74) is 6.17. The second-order valence-corrected chi connectivity index (χ2v) is 4.88. The Morgan fingerprint density at radius 2 is 2.10 bits per heavy atom. The highest BCUT2D eigenvalue weighted by Crippen LogP contribution is 2.19. The van der Waals surface area contributed by atoms with Crippen LogP contribution in [-0.2, 0) is 4.79 Å². The number of para-hydroxylation sites is 1. The minimum atomic E-state index is -0.381. The van der Waals surface area contributed by atoms with E-state index in [1.165, 1.54) is 6.20 Å². The lowest BCUT2D eigenvalue weighted by atomic mass is 10.2. The number of hydrogen-bond donors (Lipinski definition) is 2. The van der Waals surface area contributed by atoms with E-state index >= 15 is 0 Å². The average Bonchev–Trinajstić information content (AvgIpc) is 2.48. The van der Waals surface area contributed by atoms with Crippen molar-refractivity contribution in [3.63, 3.8) is 0 Å². The van der Waals surface area contributed by atoms with Crippen LogP contribution in [0.4, 0.5) is 5.82 Å². The Morgan fingerprint density at radius 1 is 1.33 bits per heavy atom. The zero-order valence-electron chi connectivity index (χ0n) is 10.9. The fraction of sp³-hybridized carbons (Fsp3) is 0.0714. The van der Waals surface area contributed by atoms with E-state index in [0.29, 0.717) is 16.3 Å². The topological polar surface area (TPSA) is 77.2 Å². The summed E-state index contributed by atoms with van der Waals surface area (Å²) < 4.78 is 5.42. The van der Waals surface area contributed by atoms with E-state index in [2.05, 4.69) is 10.3 Å². The van der Waals surface area contributed by atoms with Crippen molar-refractivity contribution in [2.45, 2.75) is 0 Å². The molecule has 1 aromatic heterocycles. The number of nitrogens with two attached hydrogens (primary N) is 1. The number of thiocarbonyl (C=S) groups is 1. The third-order valence-electron chi connectivity index (χ3n) is 2.53. The number of rotatable bonds is 5. The SMILES string of the molecule is NC(=S)c1ccccc1OCC(=O)Nc1ncccc1Cl. The maximum atomic E-state index is 11.8. The van der Waals surface area contributed by atoms with Gasteiger partial charge in [-0.3, -0.25) is 4.79 Å². The number of nitrogens with one attached hydrogen (secondary N) is 1. The molecule has 1 amide bonds. The molecule has 1 heterocycles. The van der Waals surface area contributed by atoms with Crippen molar-refractivity contribution in [2.24, 2.45) is 5.73 Å². The van der Waals surface area contributed by atoms with Crippen molar-refractivity contribution < 1.29 is 9.53 Å². The Bertz CT molecular complexity index is 679. The number of ether oxygens (including phenoxy) is 1. The molecule has 0 aliphatic heterocycles. The molecule has 3 N–H and O–H groups in total. The first-order chi connectivity index (χ1) is 10.1. The standard InChI is InChI=1S/C14H12ClN3O2S/c15-10-5-3-7-17-14(10)18-12(19)8-20-11-6-2-1-4-9(11)13(16)21/h1-7H,8H2,(H2,16,21)(H,17,18,19). The molecule has 5 nitrogen and oxygen atoms in total. The third kappa shape index (κ3) is 4.14. The van der Waals surface area contributed by atoms with Crippen molar-refractivity contribution in [3.8, 4) is 5.75 Å². The van der Waals surface area contributed by atoms with Gasteiger partial charge in [-0.25, -0.2) is 4.98 Å². The fourth-order valence-electron chi connectivity index (χ4n) is 1.59. The zero-order chi connectivity index (χ0) is 15.2. The van der Waals surface area contributed by atoms with Crippen LogP contribution in [0.1, 0.15) is 5.56 Å². The van der Waals surface area contributed by atoms with Crippen LogP contribution in [0.25, 0.3) is 0 Å². The first-order valence-corrected chi connectivity index (χ1v) is 6.78. The van der Waals surface area contributed by atoms with Gasteiger partial charge in [0.25, 0.3) is 5.91 Å². The van der Waals surface area contributed by atoms with Crippen molar-refractivity contribution in [1.82, 2.24) is 4.98 Å². The summed E-state index contributed by atoms with van der Waals surface area (Å²) in [5, 5.41) is 2.91. The number of anilines is 1. The molecule has 0 saturated heterocycles. The van der Waals surface area contributed by atoms with Crippen molar-refractivity contribution in [2.75, 3.05) is 11.9 Å². The predicted octanol–water partition coefficient (Wildman–Crippen LogP) is 2.39. The summed E-state index contributed by atoms with van der Waals surface area (Å²) in [5.74, 6) is 0.357. The van der Waals surface area contributed by atoms with E-state index in [-0.39, 0.29) is 23.3 Å². The predicted molar refractivity (Wildman–Crippen MR) is 85.7 cm³/mol. The van der Waals surface area contributed by atoms with Crippen LogP contribution in [0.15, 0.2) is 42.6 Å². The number of halogens is 1. The Morgan fingerprint density at radius 3 is 2.81 bits per heavy atom. The second-order valence-electron chi connectivity index (χ2n) is 4.03. The molecule has 0 radical (unpaired) electrons. The summed E-state index contributed by atoms with van der Waals surface area (Å²) in [6.45, 7) is -0.202. The van der Waals surface area contributed by atoms with Gasteiger partial charge in [-0.2, -0.15) is 0 Å². The van der Waals surface area contributed by atoms with Gasteiger partial charge in [0, 0.05) is 6.20 Å². The maximum Gasteiger partial charge on any atom is 0.263 e. The number of benzene rings is 1. The largest absolute Gasteiger partial charge is 0.483 e. The molecule has 7 heteroatoms. The number of carbonyl (C=O) groups is 1. The van der Waals surface area contributed by atoms with E-state index in [4.69, 9.17) is 34.3 Å². The van der Waals surface area contributed by atoms with Crippen LogP contribution in [-0.4, -0.2) is 22.5 Å². The molecule has 1 aromatic carbocycles. The van der Waals surface area contributed by atoms with Gasteiger partial charge < -0.3 is 15.8 Å². The molecule has 2 aromatic rings. The Kier molecular flexibility index (Phi) is 5.08. The van der Waals surface area contributed by atoms with Crippen molar-refractivity contribution in [1.29, 1.82) is 0 Å². The van der Waals surface area contributed by atoms with Crippen molar-refractivity contribution >= 4 is 40.5 Å². The summed E-state index contributed by atoms with van der Waals surface area (Å²) in [6, 6.07) is 10.3. The molecule has 108 valence electrons. The molecule has 0 aliphatic rings. The number of hydrogen-bond acceptors (Lipinski definition) is 4. The zero-order valence-corrected chi connectivity index (χ0v) is 12.4. The molecule has 0 saturated carbocycles. The van der Waals surface area contributed by atoms with Crippen molar-refractivity contribution in [3.05, 3.63) is 53.2 Å². The minimum absolute atomic E-state index is 0.202. The Hall–Kier alpha value is -2.18. The quantitative estimate of drug-likeness (QED) is 0.827. The molecule has 0 fully saturated rings. The molecule has 0 aliphatic carbocycles. The van der Waals surface area contributed by atoms with Gasteiger partial charge in [0.15, 0.2) is 12.4 Å². The summed E-state index contributed by atoms with van der Waals surface area (Å²) in [4.78, 5) is 16.0. The van der Waals surface area contributed by atoms with Gasteiger partial charge in [0.2, 0.25) is 0 Å². The van der Waals surface area contributed by atoms with Crippen LogP contribution in [0.3, 0.4) is 0 Å². The lowest BCUT2D eigenvalue weighted by molar-refractivity contribution is -0.118. The molecule has 2 rings (SSSR count). The fourth-order valence-corrected chi connectivity index (χ4v) is 1.92. The monoisotopic (exact) mass is 321 g/mol. The van der Waals surface area contributed by atoms with E-state index < -0.39 is 0 Å². The van der Waals surface area contributed by atoms with Crippen LogP contribution in [0.5, 0.6) is 5.75 Å². The molecular weight excluding hydrogens is 310 g/mol. The summed E-state index contributed by atoms with van der Waals surface area (Å²) in [6.07, 6.45) is 1.53. The number of pyridine rings is 1. The highest BCUT2D eigenvalue weighted by Gasteiger charge is 2.10. The van der Waals surface area contributed by atoms with Crippen LogP contribution in [0.2, 0.25) is 5.02 Å². The maximum absolute atomic E-state index is 11.8. The highest BCUT2D eigenvalue weighted by molar-refractivity contribution is 7.80. The number of amides is 1. The first-order valence-electron chi connectivity index (χ1n) is 6.00. The van der Waals surface area contributed by atoms with Crippen LogP contribution < -0.4 is 15.8 Å². The normalized spacial score (nSPS) is 9.95. The van der Waals surface area contributed by atoms with Gasteiger partial charge in [0.05, 0.1) is 10.6 Å². The average molecular weight is 322 g/mol. The smallest absolute Gasteiger partial charge is 0.263 e. The highest BCUT2D eigenvalue weighted by atomic mass is 35.5. The van der Waals surface area contributed by atoms with E-state index in [0.717, 1.165) is 0 Å². The number of carbonyl (C=O) groups excluding carboxylic acids is 1. The van der Waals surface area contributed by atoms with Gasteiger partial charge in [-0.05, 0) is 24.3 Å². The Balaban J connectivity index is 1.99.